The molecule has 0 heterocycles. The fourth-order valence-corrected chi connectivity index (χ4v) is 1.64. The van der Waals surface area contributed by atoms with Crippen molar-refractivity contribution in [1.82, 2.24) is 0 Å². The van der Waals surface area contributed by atoms with Crippen molar-refractivity contribution >= 4 is 23.4 Å². The van der Waals surface area contributed by atoms with Gasteiger partial charge in [-0.2, -0.15) is 9.59 Å². The van der Waals surface area contributed by atoms with Gasteiger partial charge in [-0.05, 0) is 24.5 Å². The molecule has 1 aromatic carbocycles. The van der Waals surface area contributed by atoms with Crippen molar-refractivity contribution in [3.8, 4) is 5.75 Å². The number of aryl methyl sites for hydroxylation is 1. The highest BCUT2D eigenvalue weighted by molar-refractivity contribution is 6.34. The Morgan fingerprint density at radius 1 is 1.35 bits per heavy atom. The minimum Gasteiger partial charge on any atom is -0.492 e. The molecule has 0 radical (unpaired) electrons. The van der Waals surface area contributed by atoms with Crippen LogP contribution < -0.4 is 4.74 Å². The summed E-state index contributed by atoms with van der Waals surface area (Å²) in [6.45, 7) is 4.51. The summed E-state index contributed by atoms with van der Waals surface area (Å²) in [7, 11) is 0. The van der Waals surface area contributed by atoms with Gasteiger partial charge in [-0.3, -0.25) is 10.1 Å². The Bertz CT molecular complexity index is 484. The molecule has 0 aliphatic rings. The standard InChI is InChI=1S/C12H16ClNO3.CO2/c1-3-5-6-17-11-8-9(4-2)7-10(12(11)13)14(15)16;2-1-3/h7-8H,3-6H2,1-2H3;. The molecule has 0 saturated carbocycles. The van der Waals surface area contributed by atoms with Gasteiger partial charge in [-0.15, -0.1) is 0 Å². The molecule has 110 valence electrons. The van der Waals surface area contributed by atoms with E-state index in [4.69, 9.17) is 25.9 Å². The summed E-state index contributed by atoms with van der Waals surface area (Å²) in [6, 6.07) is 3.26. The van der Waals surface area contributed by atoms with E-state index >= 15 is 0 Å². The quantitative estimate of drug-likeness (QED) is 0.456. The summed E-state index contributed by atoms with van der Waals surface area (Å²) >= 11 is 5.94. The number of ether oxygens (including phenoxy) is 1. The van der Waals surface area contributed by atoms with Crippen molar-refractivity contribution in [3.05, 3.63) is 32.8 Å². The first-order valence-electron chi connectivity index (χ1n) is 6.10. The fourth-order valence-electron chi connectivity index (χ4n) is 1.41. The number of nitrogens with zero attached hydrogens (tertiary/aromatic N) is 1. The highest BCUT2D eigenvalue weighted by Crippen LogP contribution is 2.35. The fraction of sp³-hybridized carbons (Fsp3) is 0.462. The van der Waals surface area contributed by atoms with Gasteiger partial charge in [0.05, 0.1) is 11.5 Å². The summed E-state index contributed by atoms with van der Waals surface area (Å²) in [5.74, 6) is 0.408. The first-order valence-corrected chi connectivity index (χ1v) is 6.48. The van der Waals surface area contributed by atoms with Crippen LogP contribution in [-0.2, 0) is 16.0 Å². The monoisotopic (exact) mass is 301 g/mol. The zero-order chi connectivity index (χ0) is 15.5. The molecule has 0 bridgehead atoms. The molecule has 0 atom stereocenters. The van der Waals surface area contributed by atoms with Crippen molar-refractivity contribution in [2.75, 3.05) is 6.61 Å². The number of carbonyl (C=O) groups excluding carboxylic acids is 2. The van der Waals surface area contributed by atoms with Gasteiger partial charge < -0.3 is 4.74 Å². The van der Waals surface area contributed by atoms with Crippen LogP contribution >= 0.6 is 11.6 Å². The van der Waals surface area contributed by atoms with Gasteiger partial charge in [-0.25, -0.2) is 0 Å². The van der Waals surface area contributed by atoms with Crippen molar-refractivity contribution in [3.63, 3.8) is 0 Å². The zero-order valence-corrected chi connectivity index (χ0v) is 12.1. The van der Waals surface area contributed by atoms with Crippen LogP contribution in [0.1, 0.15) is 32.3 Å². The molecule has 0 saturated heterocycles. The van der Waals surface area contributed by atoms with E-state index in [1.807, 2.05) is 6.92 Å². The molecule has 0 aromatic heterocycles. The van der Waals surface area contributed by atoms with E-state index in [0.29, 0.717) is 18.8 Å². The number of nitro benzene ring substituents is 1. The number of unbranched alkanes of at least 4 members (excludes halogenated alkanes) is 1. The molecule has 0 spiro atoms. The summed E-state index contributed by atoms with van der Waals surface area (Å²) in [6.07, 6.45) is 2.87. The van der Waals surface area contributed by atoms with E-state index in [0.717, 1.165) is 18.4 Å². The maximum absolute atomic E-state index is 10.8. The van der Waals surface area contributed by atoms with E-state index < -0.39 is 4.92 Å². The molecular formula is C13H16ClNO5. The number of nitro groups is 1. The Morgan fingerprint density at radius 3 is 2.40 bits per heavy atom. The third-order valence-corrected chi connectivity index (χ3v) is 2.82. The van der Waals surface area contributed by atoms with Crippen LogP contribution in [0.4, 0.5) is 5.69 Å². The molecule has 20 heavy (non-hydrogen) atoms. The van der Waals surface area contributed by atoms with Gasteiger partial charge >= 0.3 is 6.15 Å². The minimum atomic E-state index is -0.478. The van der Waals surface area contributed by atoms with Gasteiger partial charge in [0.1, 0.15) is 5.75 Å². The maximum atomic E-state index is 10.8. The van der Waals surface area contributed by atoms with Gasteiger partial charge in [0.15, 0.2) is 5.02 Å². The molecule has 0 unspecified atom stereocenters. The maximum Gasteiger partial charge on any atom is 0.373 e. The zero-order valence-electron chi connectivity index (χ0n) is 11.3. The second-order valence-corrected chi connectivity index (χ2v) is 4.20. The van der Waals surface area contributed by atoms with Crippen molar-refractivity contribution in [2.45, 2.75) is 33.1 Å². The van der Waals surface area contributed by atoms with E-state index in [9.17, 15) is 10.1 Å². The third-order valence-electron chi connectivity index (χ3n) is 2.44. The third kappa shape index (κ3) is 5.82. The molecular weight excluding hydrogens is 286 g/mol. The summed E-state index contributed by atoms with van der Waals surface area (Å²) < 4.78 is 5.47. The lowest BCUT2D eigenvalue weighted by molar-refractivity contribution is -0.384. The van der Waals surface area contributed by atoms with Crippen molar-refractivity contribution in [2.24, 2.45) is 0 Å². The van der Waals surface area contributed by atoms with Gasteiger partial charge in [-0.1, -0.05) is 31.9 Å². The van der Waals surface area contributed by atoms with E-state index in [1.54, 1.807) is 6.07 Å². The van der Waals surface area contributed by atoms with Gasteiger partial charge in [0.2, 0.25) is 0 Å². The molecule has 0 amide bonds. The van der Waals surface area contributed by atoms with E-state index in [-0.39, 0.29) is 16.9 Å². The number of halogens is 1. The molecule has 7 heteroatoms. The lowest BCUT2D eigenvalue weighted by Gasteiger charge is -2.09. The Balaban J connectivity index is 0.00000110. The Morgan fingerprint density at radius 2 is 1.95 bits per heavy atom. The van der Waals surface area contributed by atoms with Crippen LogP contribution in [0.25, 0.3) is 0 Å². The average Bonchev–Trinajstić information content (AvgIpc) is 2.41. The lowest BCUT2D eigenvalue weighted by atomic mass is 10.1. The van der Waals surface area contributed by atoms with Crippen LogP contribution in [0.2, 0.25) is 5.02 Å². The summed E-state index contributed by atoms with van der Waals surface area (Å²) in [4.78, 5) is 26.6. The Hall–Kier alpha value is -1.91. The van der Waals surface area contributed by atoms with Gasteiger partial charge in [0.25, 0.3) is 5.69 Å². The molecule has 1 rings (SSSR count). The molecule has 0 N–H and O–H groups in total. The van der Waals surface area contributed by atoms with Crippen LogP contribution in [0.3, 0.4) is 0 Å². The van der Waals surface area contributed by atoms with E-state index in [2.05, 4.69) is 6.92 Å². The number of benzene rings is 1. The molecule has 0 fully saturated rings. The molecule has 0 aliphatic carbocycles. The minimum absolute atomic E-state index is 0.0856. The Kier molecular flexibility index (Phi) is 9.00. The number of hydrogen-bond donors (Lipinski definition) is 0. The van der Waals surface area contributed by atoms with Gasteiger partial charge in [0, 0.05) is 6.07 Å². The largest absolute Gasteiger partial charge is 0.492 e. The van der Waals surface area contributed by atoms with Crippen LogP contribution in [0.5, 0.6) is 5.75 Å². The van der Waals surface area contributed by atoms with Crippen LogP contribution in [-0.4, -0.2) is 17.7 Å². The molecule has 1 aromatic rings. The van der Waals surface area contributed by atoms with Crippen LogP contribution in [0, 0.1) is 10.1 Å². The number of rotatable bonds is 6. The second-order valence-electron chi connectivity index (χ2n) is 3.82. The summed E-state index contributed by atoms with van der Waals surface area (Å²) in [5, 5.41) is 10.9. The SMILES string of the molecule is CCCCOc1cc(CC)cc([N+](=O)[O-])c1Cl.O=C=O. The smallest absolute Gasteiger partial charge is 0.373 e. The molecule has 0 aliphatic heterocycles. The Labute approximate surface area is 121 Å². The number of hydrogen-bond acceptors (Lipinski definition) is 5. The first kappa shape index (κ1) is 18.1. The van der Waals surface area contributed by atoms with Crippen LogP contribution in [0.15, 0.2) is 12.1 Å². The van der Waals surface area contributed by atoms with E-state index in [1.165, 1.54) is 6.07 Å². The predicted molar refractivity (Wildman–Crippen MR) is 72.9 cm³/mol. The molecule has 6 nitrogen and oxygen atoms in total. The highest BCUT2D eigenvalue weighted by Gasteiger charge is 2.18. The topological polar surface area (TPSA) is 86.5 Å². The average molecular weight is 302 g/mol. The second kappa shape index (κ2) is 9.95. The first-order chi connectivity index (χ1) is 9.51. The predicted octanol–water partition coefficient (Wildman–Crippen LogP) is 3.41. The lowest BCUT2D eigenvalue weighted by Crippen LogP contribution is -2.00. The highest BCUT2D eigenvalue weighted by atomic mass is 35.5. The summed E-state index contributed by atoms with van der Waals surface area (Å²) in [5.41, 5.74) is 0.769. The van der Waals surface area contributed by atoms with Crippen molar-refractivity contribution in [1.29, 1.82) is 0 Å². The van der Waals surface area contributed by atoms with Crippen molar-refractivity contribution < 1.29 is 19.2 Å². The normalized spacial score (nSPS) is 9.15.